The molecule has 0 N–H and O–H groups in total. The summed E-state index contributed by atoms with van der Waals surface area (Å²) in [6.45, 7) is 8.12. The molecule has 7 heteroatoms. The molecule has 1 aliphatic heterocycles. The van der Waals surface area contributed by atoms with Crippen molar-refractivity contribution in [3.05, 3.63) is 34.1 Å². The molecule has 3 rings (SSSR count). The number of benzene rings is 1. The van der Waals surface area contributed by atoms with Crippen molar-refractivity contribution in [1.82, 2.24) is 24.7 Å². The van der Waals surface area contributed by atoms with Gasteiger partial charge in [0.05, 0.1) is 25.6 Å². The van der Waals surface area contributed by atoms with Crippen molar-refractivity contribution in [3.8, 4) is 5.69 Å². The van der Waals surface area contributed by atoms with Crippen molar-refractivity contribution in [3.63, 3.8) is 0 Å². The van der Waals surface area contributed by atoms with Crippen LogP contribution in [0, 0.1) is 18.6 Å². The number of aromatic nitrogens is 4. The van der Waals surface area contributed by atoms with Crippen molar-refractivity contribution in [2.45, 2.75) is 20.5 Å². The maximum Gasteiger partial charge on any atom is 0.221 e. The molecule has 0 saturated carbocycles. The molecule has 2 aromatic rings. The van der Waals surface area contributed by atoms with Crippen LogP contribution in [0.5, 0.6) is 0 Å². The molecule has 6 nitrogen and oxygen atoms in total. The predicted octanol–water partition coefficient (Wildman–Crippen LogP) is 1.70. The van der Waals surface area contributed by atoms with Gasteiger partial charge in [0.1, 0.15) is 0 Å². The van der Waals surface area contributed by atoms with Gasteiger partial charge in [0.15, 0.2) is 0 Å². The van der Waals surface area contributed by atoms with Gasteiger partial charge in [-0.1, -0.05) is 6.07 Å². The molecule has 112 valence electrons. The van der Waals surface area contributed by atoms with Gasteiger partial charge < -0.3 is 4.74 Å². The lowest BCUT2D eigenvalue weighted by Gasteiger charge is -2.25. The Balaban J connectivity index is 1.86. The van der Waals surface area contributed by atoms with E-state index in [4.69, 9.17) is 17.0 Å². The van der Waals surface area contributed by atoms with Crippen molar-refractivity contribution >= 4 is 12.2 Å². The summed E-state index contributed by atoms with van der Waals surface area (Å²) in [5.41, 5.74) is 3.34. The Labute approximate surface area is 128 Å². The Bertz CT molecular complexity index is 667. The summed E-state index contributed by atoms with van der Waals surface area (Å²) in [7, 11) is 0. The van der Waals surface area contributed by atoms with E-state index < -0.39 is 0 Å². The third-order valence-corrected chi connectivity index (χ3v) is 3.91. The zero-order valence-corrected chi connectivity index (χ0v) is 13.1. The zero-order chi connectivity index (χ0) is 14.8. The molecular weight excluding hydrogens is 286 g/mol. The molecule has 0 unspecified atom stereocenters. The first kappa shape index (κ1) is 14.4. The first-order valence-electron chi connectivity index (χ1n) is 7.05. The van der Waals surface area contributed by atoms with E-state index in [0.717, 1.165) is 32.0 Å². The average Bonchev–Trinajstić information content (AvgIpc) is 2.80. The number of nitrogens with zero attached hydrogens (tertiary/aromatic N) is 5. The highest BCUT2D eigenvalue weighted by Crippen LogP contribution is 2.13. The molecule has 0 bridgehead atoms. The summed E-state index contributed by atoms with van der Waals surface area (Å²) in [5.74, 6) is 0. The molecule has 1 aromatic heterocycles. The second-order valence-corrected chi connectivity index (χ2v) is 5.76. The highest BCUT2D eigenvalue weighted by Gasteiger charge is 2.13. The van der Waals surface area contributed by atoms with E-state index in [2.05, 4.69) is 47.4 Å². The predicted molar refractivity (Wildman–Crippen MR) is 82.0 cm³/mol. The minimum Gasteiger partial charge on any atom is -0.379 e. The van der Waals surface area contributed by atoms with Gasteiger partial charge in [-0.3, -0.25) is 4.90 Å². The second kappa shape index (κ2) is 6.05. The molecule has 2 heterocycles. The van der Waals surface area contributed by atoms with Crippen molar-refractivity contribution < 1.29 is 4.74 Å². The standard InChI is InChI=1S/C14H19N5OS/c1-11-7-12(2)9-13(8-11)19-14(21)18(15-16-19)10-17-3-5-20-6-4-17/h7-9H,3-6,10H2,1-2H3. The van der Waals surface area contributed by atoms with Crippen LogP contribution < -0.4 is 0 Å². The molecule has 1 aliphatic rings. The highest BCUT2D eigenvalue weighted by molar-refractivity contribution is 7.71. The fourth-order valence-corrected chi connectivity index (χ4v) is 2.77. The monoisotopic (exact) mass is 305 g/mol. The molecule has 1 aromatic carbocycles. The third kappa shape index (κ3) is 3.20. The Kier molecular flexibility index (Phi) is 4.14. The highest BCUT2D eigenvalue weighted by atomic mass is 32.1. The van der Waals surface area contributed by atoms with Crippen LogP contribution in [0.3, 0.4) is 0 Å². The van der Waals surface area contributed by atoms with E-state index in [-0.39, 0.29) is 0 Å². The van der Waals surface area contributed by atoms with Gasteiger partial charge in [0, 0.05) is 13.1 Å². The number of hydrogen-bond acceptors (Lipinski definition) is 5. The SMILES string of the molecule is Cc1cc(C)cc(-n2nnn(CN3CCOCC3)c2=S)c1. The van der Waals surface area contributed by atoms with E-state index in [1.165, 1.54) is 11.1 Å². The smallest absolute Gasteiger partial charge is 0.221 e. The van der Waals surface area contributed by atoms with Gasteiger partial charge in [-0.15, -0.1) is 0 Å². The molecule has 1 fully saturated rings. The lowest BCUT2D eigenvalue weighted by atomic mass is 10.1. The van der Waals surface area contributed by atoms with E-state index in [0.29, 0.717) is 11.4 Å². The Morgan fingerprint density at radius 1 is 1.10 bits per heavy atom. The molecule has 1 saturated heterocycles. The first-order valence-corrected chi connectivity index (χ1v) is 7.46. The summed E-state index contributed by atoms with van der Waals surface area (Å²) < 4.78 is 9.45. The van der Waals surface area contributed by atoms with Crippen LogP contribution in [-0.2, 0) is 11.4 Å². The van der Waals surface area contributed by atoms with Crippen LogP contribution in [0.1, 0.15) is 11.1 Å². The second-order valence-electron chi connectivity index (χ2n) is 5.39. The Morgan fingerprint density at radius 3 is 2.43 bits per heavy atom. The molecule has 0 spiro atoms. The van der Waals surface area contributed by atoms with Crippen LogP contribution in [0.4, 0.5) is 0 Å². The quantitative estimate of drug-likeness (QED) is 0.808. The maximum atomic E-state index is 5.51. The molecule has 0 atom stereocenters. The van der Waals surface area contributed by atoms with Gasteiger partial charge in [-0.25, -0.2) is 4.68 Å². The summed E-state index contributed by atoms with van der Waals surface area (Å²) >= 11 is 5.51. The van der Waals surface area contributed by atoms with E-state index in [1.54, 1.807) is 9.36 Å². The summed E-state index contributed by atoms with van der Waals surface area (Å²) in [4.78, 5) is 2.26. The van der Waals surface area contributed by atoms with Gasteiger partial charge in [0.25, 0.3) is 0 Å². The number of aryl methyl sites for hydroxylation is 2. The van der Waals surface area contributed by atoms with Crippen molar-refractivity contribution in [2.24, 2.45) is 0 Å². The normalized spacial score (nSPS) is 16.3. The van der Waals surface area contributed by atoms with Crippen LogP contribution in [-0.4, -0.2) is 51.0 Å². The summed E-state index contributed by atoms with van der Waals surface area (Å²) in [6, 6.07) is 6.26. The van der Waals surface area contributed by atoms with Gasteiger partial charge >= 0.3 is 0 Å². The largest absolute Gasteiger partial charge is 0.379 e. The van der Waals surface area contributed by atoms with Crippen molar-refractivity contribution in [1.29, 1.82) is 0 Å². The topological polar surface area (TPSA) is 48.1 Å². The van der Waals surface area contributed by atoms with E-state index in [1.807, 2.05) is 0 Å². The van der Waals surface area contributed by atoms with E-state index in [9.17, 15) is 0 Å². The minimum atomic E-state index is 0.617. The van der Waals surface area contributed by atoms with Gasteiger partial charge in [0.2, 0.25) is 4.77 Å². The van der Waals surface area contributed by atoms with Gasteiger partial charge in [-0.05, 0) is 59.8 Å². The molecule has 0 aliphatic carbocycles. The number of rotatable bonds is 3. The fraction of sp³-hybridized carbons (Fsp3) is 0.500. The summed E-state index contributed by atoms with van der Waals surface area (Å²) in [6.07, 6.45) is 0. The Morgan fingerprint density at radius 2 is 1.76 bits per heavy atom. The van der Waals surface area contributed by atoms with Crippen LogP contribution in [0.2, 0.25) is 0 Å². The molecule has 0 amide bonds. The average molecular weight is 305 g/mol. The zero-order valence-electron chi connectivity index (χ0n) is 12.3. The number of tetrazole rings is 1. The lowest BCUT2D eigenvalue weighted by molar-refractivity contribution is 0.0207. The number of hydrogen-bond donors (Lipinski definition) is 0. The van der Waals surface area contributed by atoms with Crippen LogP contribution in [0.15, 0.2) is 18.2 Å². The van der Waals surface area contributed by atoms with E-state index >= 15 is 0 Å². The van der Waals surface area contributed by atoms with Crippen molar-refractivity contribution in [2.75, 3.05) is 26.3 Å². The van der Waals surface area contributed by atoms with Crippen LogP contribution in [0.25, 0.3) is 5.69 Å². The maximum absolute atomic E-state index is 5.51. The van der Waals surface area contributed by atoms with Gasteiger partial charge in [-0.2, -0.15) is 4.68 Å². The minimum absolute atomic E-state index is 0.617. The molecule has 0 radical (unpaired) electrons. The molecular formula is C14H19N5OS. The first-order chi connectivity index (χ1) is 10.1. The molecule has 21 heavy (non-hydrogen) atoms. The number of morpholine rings is 1. The third-order valence-electron chi connectivity index (χ3n) is 3.53. The Hall–Kier alpha value is -1.57. The fourth-order valence-electron chi connectivity index (χ4n) is 2.53. The lowest BCUT2D eigenvalue weighted by Crippen LogP contribution is -2.37. The summed E-state index contributed by atoms with van der Waals surface area (Å²) in [5, 5.41) is 8.39. The van der Waals surface area contributed by atoms with Crippen LogP contribution >= 0.6 is 12.2 Å². The number of ether oxygens (including phenoxy) is 1.